The molecule has 2 heterocycles. The molecule has 1 amide bonds. The Balaban J connectivity index is 1.67. The Morgan fingerprint density at radius 3 is 2.60 bits per heavy atom. The fourth-order valence-corrected chi connectivity index (χ4v) is 3.30. The monoisotopic (exact) mass is 350 g/mol. The van der Waals surface area contributed by atoms with Crippen molar-refractivity contribution in [3.63, 3.8) is 0 Å². The van der Waals surface area contributed by atoms with E-state index in [0.717, 1.165) is 31.6 Å². The van der Waals surface area contributed by atoms with Crippen LogP contribution in [0.15, 0.2) is 18.2 Å². The molecule has 0 saturated carbocycles. The molecule has 5 nitrogen and oxygen atoms in total. The molecule has 2 aliphatic heterocycles. The molecule has 0 spiro atoms. The van der Waals surface area contributed by atoms with E-state index < -0.39 is 5.60 Å². The van der Waals surface area contributed by atoms with Gasteiger partial charge in [-0.3, -0.25) is 0 Å². The van der Waals surface area contributed by atoms with Crippen LogP contribution in [0.4, 0.5) is 14.9 Å². The van der Waals surface area contributed by atoms with Gasteiger partial charge in [0.1, 0.15) is 11.7 Å². The van der Waals surface area contributed by atoms with Crippen molar-refractivity contribution in [3.05, 3.63) is 24.0 Å². The normalized spacial score (nSPS) is 20.9. The molecule has 0 radical (unpaired) electrons. The maximum Gasteiger partial charge on any atom is 0.410 e. The zero-order valence-electron chi connectivity index (χ0n) is 15.3. The Morgan fingerprint density at radius 2 is 1.92 bits per heavy atom. The van der Waals surface area contributed by atoms with Gasteiger partial charge in [0.05, 0.1) is 12.2 Å². The van der Waals surface area contributed by atoms with E-state index in [4.69, 9.17) is 9.47 Å². The summed E-state index contributed by atoms with van der Waals surface area (Å²) in [6.07, 6.45) is 2.35. The van der Waals surface area contributed by atoms with Gasteiger partial charge in [0.15, 0.2) is 11.6 Å². The van der Waals surface area contributed by atoms with Crippen LogP contribution >= 0.6 is 0 Å². The smallest absolute Gasteiger partial charge is 0.410 e. The van der Waals surface area contributed by atoms with Gasteiger partial charge in [-0.15, -0.1) is 0 Å². The Labute approximate surface area is 148 Å². The first-order valence-electron chi connectivity index (χ1n) is 9.01. The van der Waals surface area contributed by atoms with Gasteiger partial charge in [-0.2, -0.15) is 0 Å². The fraction of sp³-hybridized carbons (Fsp3) is 0.632. The van der Waals surface area contributed by atoms with Crippen molar-refractivity contribution in [2.24, 2.45) is 0 Å². The number of anilines is 1. The Morgan fingerprint density at radius 1 is 1.20 bits per heavy atom. The topological polar surface area (TPSA) is 42.0 Å². The number of benzene rings is 1. The second-order valence-corrected chi connectivity index (χ2v) is 7.74. The molecule has 6 heteroatoms. The number of hydrogen-bond acceptors (Lipinski definition) is 4. The largest absolute Gasteiger partial charge is 0.483 e. The first-order valence-corrected chi connectivity index (χ1v) is 9.01. The average molecular weight is 350 g/mol. The second-order valence-electron chi connectivity index (χ2n) is 7.74. The summed E-state index contributed by atoms with van der Waals surface area (Å²) in [5.74, 6) is -0.0412. The average Bonchev–Trinajstić information content (AvgIpc) is 3.19. The summed E-state index contributed by atoms with van der Waals surface area (Å²) >= 11 is 0. The molecular formula is C19H27FN2O3. The molecule has 1 aromatic carbocycles. The molecule has 1 atom stereocenters. The van der Waals surface area contributed by atoms with E-state index in [0.29, 0.717) is 25.3 Å². The lowest BCUT2D eigenvalue weighted by atomic mass is 10.2. The third kappa shape index (κ3) is 4.35. The van der Waals surface area contributed by atoms with E-state index in [-0.39, 0.29) is 18.0 Å². The molecule has 0 aliphatic carbocycles. The Bertz CT molecular complexity index is 624. The highest BCUT2D eigenvalue weighted by atomic mass is 19.1. The quantitative estimate of drug-likeness (QED) is 0.831. The summed E-state index contributed by atoms with van der Waals surface area (Å²) in [5, 5.41) is 0. The predicted molar refractivity (Wildman–Crippen MR) is 94.7 cm³/mol. The highest BCUT2D eigenvalue weighted by molar-refractivity contribution is 5.68. The third-order valence-electron chi connectivity index (χ3n) is 4.47. The highest BCUT2D eigenvalue weighted by Gasteiger charge is 2.32. The number of carbonyl (C=O) groups is 1. The van der Waals surface area contributed by atoms with Gasteiger partial charge in [0.25, 0.3) is 0 Å². The van der Waals surface area contributed by atoms with Crippen molar-refractivity contribution in [1.82, 2.24) is 4.90 Å². The van der Waals surface area contributed by atoms with Crippen molar-refractivity contribution >= 4 is 11.8 Å². The van der Waals surface area contributed by atoms with Gasteiger partial charge < -0.3 is 19.3 Å². The molecule has 25 heavy (non-hydrogen) atoms. The van der Waals surface area contributed by atoms with E-state index in [1.165, 1.54) is 6.07 Å². The molecule has 0 N–H and O–H groups in total. The van der Waals surface area contributed by atoms with Crippen LogP contribution in [0.25, 0.3) is 0 Å². The van der Waals surface area contributed by atoms with Gasteiger partial charge in [-0.05, 0) is 45.7 Å². The molecular weight excluding hydrogens is 323 g/mol. The molecule has 0 bridgehead atoms. The minimum atomic E-state index is -0.523. The second kappa shape index (κ2) is 7.10. The van der Waals surface area contributed by atoms with Crippen LogP contribution in [0.1, 0.15) is 40.0 Å². The van der Waals surface area contributed by atoms with Crippen LogP contribution in [0, 0.1) is 5.82 Å². The Kier molecular flexibility index (Phi) is 5.06. The zero-order chi connectivity index (χ0) is 18.0. The number of carbonyl (C=O) groups excluding carboxylic acids is 1. The number of rotatable bonds is 3. The first-order chi connectivity index (χ1) is 11.8. The minimum Gasteiger partial charge on any atom is -0.483 e. The summed E-state index contributed by atoms with van der Waals surface area (Å²) in [6, 6.07) is 5.05. The number of likely N-dealkylation sites (tertiary alicyclic amines) is 1. The summed E-state index contributed by atoms with van der Waals surface area (Å²) in [5.41, 5.74) is 0.290. The van der Waals surface area contributed by atoms with Crippen LogP contribution in [0.5, 0.6) is 5.75 Å². The fourth-order valence-electron chi connectivity index (χ4n) is 3.30. The highest BCUT2D eigenvalue weighted by Crippen LogP contribution is 2.35. The third-order valence-corrected chi connectivity index (χ3v) is 4.47. The molecule has 2 aliphatic rings. The van der Waals surface area contributed by atoms with Gasteiger partial charge in [-0.25, -0.2) is 9.18 Å². The number of hydrogen-bond donors (Lipinski definition) is 0. The number of halogens is 1. The number of amides is 1. The van der Waals surface area contributed by atoms with Crippen LogP contribution in [0.3, 0.4) is 0 Å². The minimum absolute atomic E-state index is 0.217. The lowest BCUT2D eigenvalue weighted by Crippen LogP contribution is -2.36. The van der Waals surface area contributed by atoms with E-state index in [1.807, 2.05) is 26.8 Å². The number of ether oxygens (including phenoxy) is 2. The summed E-state index contributed by atoms with van der Waals surface area (Å²) < 4.78 is 25.8. The zero-order valence-corrected chi connectivity index (χ0v) is 15.3. The van der Waals surface area contributed by atoms with E-state index >= 15 is 0 Å². The van der Waals surface area contributed by atoms with Gasteiger partial charge in [-0.1, -0.05) is 6.07 Å². The van der Waals surface area contributed by atoms with E-state index in [1.54, 1.807) is 11.0 Å². The molecule has 2 saturated heterocycles. The van der Waals surface area contributed by atoms with Gasteiger partial charge in [0, 0.05) is 26.1 Å². The summed E-state index contributed by atoms with van der Waals surface area (Å²) in [6.45, 7) is 8.36. The van der Waals surface area contributed by atoms with Crippen LogP contribution in [0.2, 0.25) is 0 Å². The Hall–Kier alpha value is -1.98. The molecule has 3 rings (SSSR count). The lowest BCUT2D eigenvalue weighted by molar-refractivity contribution is 0.0275. The van der Waals surface area contributed by atoms with Crippen LogP contribution < -0.4 is 9.64 Å². The molecule has 2 fully saturated rings. The first kappa shape index (κ1) is 17.8. The van der Waals surface area contributed by atoms with Crippen LogP contribution in [-0.2, 0) is 4.74 Å². The number of para-hydroxylation sites is 1. The van der Waals surface area contributed by atoms with Crippen molar-refractivity contribution in [2.45, 2.75) is 51.7 Å². The standard InChI is InChI=1S/C19H27FN2O3/c1-19(2,3)25-18(23)22-12-9-14(13-22)24-17-15(20)7-6-8-16(17)21-10-4-5-11-21/h6-8,14H,4-5,9-13H2,1-3H3. The molecule has 0 aromatic heterocycles. The summed E-state index contributed by atoms with van der Waals surface area (Å²) in [7, 11) is 0. The van der Waals surface area contributed by atoms with Crippen molar-refractivity contribution in [3.8, 4) is 5.75 Å². The number of nitrogens with zero attached hydrogens (tertiary/aromatic N) is 2. The molecule has 1 unspecified atom stereocenters. The van der Waals surface area contributed by atoms with Gasteiger partial charge >= 0.3 is 6.09 Å². The SMILES string of the molecule is CC(C)(C)OC(=O)N1CCC(Oc2c(F)cccc2N2CCCC2)C1. The summed E-state index contributed by atoms with van der Waals surface area (Å²) in [4.78, 5) is 16.0. The molecule has 1 aromatic rings. The molecule has 138 valence electrons. The van der Waals surface area contributed by atoms with Crippen molar-refractivity contribution in [1.29, 1.82) is 0 Å². The van der Waals surface area contributed by atoms with Gasteiger partial charge in [0.2, 0.25) is 0 Å². The lowest BCUT2D eigenvalue weighted by Gasteiger charge is -2.25. The van der Waals surface area contributed by atoms with E-state index in [9.17, 15) is 9.18 Å². The maximum atomic E-state index is 14.4. The van der Waals surface area contributed by atoms with Crippen molar-refractivity contribution in [2.75, 3.05) is 31.1 Å². The maximum absolute atomic E-state index is 14.4. The van der Waals surface area contributed by atoms with Crippen molar-refractivity contribution < 1.29 is 18.7 Å². The van der Waals surface area contributed by atoms with Crippen LogP contribution in [-0.4, -0.2) is 48.9 Å². The predicted octanol–water partition coefficient (Wildman–Crippen LogP) is 3.81. The van der Waals surface area contributed by atoms with E-state index in [2.05, 4.69) is 4.90 Å².